The number of aryl methyl sites for hydroxylation is 1. The summed E-state index contributed by atoms with van der Waals surface area (Å²) in [4.78, 5) is 29.0. The van der Waals surface area contributed by atoms with E-state index in [-0.39, 0.29) is 24.5 Å². The van der Waals surface area contributed by atoms with Crippen molar-refractivity contribution in [3.63, 3.8) is 0 Å². The van der Waals surface area contributed by atoms with E-state index in [1.807, 2.05) is 43.1 Å². The molecular weight excluding hydrogens is 330 g/mol. The second-order valence-electron chi connectivity index (χ2n) is 7.36. The number of carbonyl (C=O) groups excluding carboxylic acids is 2. The lowest BCUT2D eigenvalue weighted by molar-refractivity contribution is -0.168. The van der Waals surface area contributed by atoms with Crippen molar-refractivity contribution in [2.24, 2.45) is 5.92 Å². The Hall–Kier alpha value is -1.92. The molecule has 2 fully saturated rings. The maximum atomic E-state index is 13.2. The van der Waals surface area contributed by atoms with Crippen molar-refractivity contribution in [1.82, 2.24) is 15.1 Å². The van der Waals surface area contributed by atoms with E-state index >= 15 is 0 Å². The Morgan fingerprint density at radius 3 is 2.62 bits per heavy atom. The highest BCUT2D eigenvalue weighted by Gasteiger charge is 2.42. The zero-order valence-electron chi connectivity index (χ0n) is 15.9. The molecule has 1 aromatic carbocycles. The molecule has 142 valence electrons. The van der Waals surface area contributed by atoms with Crippen LogP contribution in [0.15, 0.2) is 24.3 Å². The second kappa shape index (κ2) is 8.18. The third kappa shape index (κ3) is 3.76. The first-order valence-electron chi connectivity index (χ1n) is 9.39. The number of nitrogens with zero attached hydrogens (tertiary/aromatic N) is 2. The van der Waals surface area contributed by atoms with Crippen LogP contribution in [0.1, 0.15) is 30.0 Å². The van der Waals surface area contributed by atoms with Crippen molar-refractivity contribution in [1.29, 1.82) is 0 Å². The number of amides is 2. The first-order chi connectivity index (χ1) is 12.5. The molecule has 0 spiro atoms. The summed E-state index contributed by atoms with van der Waals surface area (Å²) in [7, 11) is 3.73. The first kappa shape index (κ1) is 18.9. The average molecular weight is 359 g/mol. The van der Waals surface area contributed by atoms with Crippen molar-refractivity contribution in [2.75, 3.05) is 40.3 Å². The van der Waals surface area contributed by atoms with E-state index in [0.29, 0.717) is 5.92 Å². The molecular formula is C20H29N3O3. The summed E-state index contributed by atoms with van der Waals surface area (Å²) in [5.74, 6) is 0.531. The van der Waals surface area contributed by atoms with Gasteiger partial charge in [-0.1, -0.05) is 24.3 Å². The summed E-state index contributed by atoms with van der Waals surface area (Å²) in [5.41, 5.74) is 2.04. The molecule has 3 rings (SSSR count). The Labute approximate surface area is 155 Å². The van der Waals surface area contributed by atoms with Crippen LogP contribution >= 0.6 is 0 Å². The summed E-state index contributed by atoms with van der Waals surface area (Å²) < 4.78 is 5.78. The largest absolute Gasteiger partial charge is 0.356 e. The quantitative estimate of drug-likeness (QED) is 0.882. The van der Waals surface area contributed by atoms with Crippen molar-refractivity contribution in [3.8, 4) is 0 Å². The predicted molar refractivity (Wildman–Crippen MR) is 99.7 cm³/mol. The molecule has 0 bridgehead atoms. The molecule has 2 unspecified atom stereocenters. The predicted octanol–water partition coefficient (Wildman–Crippen LogP) is 1.35. The third-order valence-corrected chi connectivity index (χ3v) is 5.65. The minimum Gasteiger partial charge on any atom is -0.356 e. The maximum Gasteiger partial charge on any atom is 0.254 e. The smallest absolute Gasteiger partial charge is 0.254 e. The third-order valence-electron chi connectivity index (χ3n) is 5.65. The van der Waals surface area contributed by atoms with Crippen LogP contribution in [0.25, 0.3) is 0 Å². The highest BCUT2D eigenvalue weighted by Crippen LogP contribution is 2.32. The summed E-state index contributed by atoms with van der Waals surface area (Å²) in [6, 6.07) is 7.53. The van der Waals surface area contributed by atoms with Gasteiger partial charge in [-0.25, -0.2) is 0 Å². The molecule has 0 saturated carbocycles. The van der Waals surface area contributed by atoms with Crippen LogP contribution in [0.5, 0.6) is 0 Å². The lowest BCUT2D eigenvalue weighted by Gasteiger charge is -2.42. The zero-order chi connectivity index (χ0) is 18.7. The van der Waals surface area contributed by atoms with Gasteiger partial charge in [-0.15, -0.1) is 0 Å². The molecule has 2 aliphatic rings. The summed E-state index contributed by atoms with van der Waals surface area (Å²) in [5, 5.41) is 3.22. The first-order valence-corrected chi connectivity index (χ1v) is 9.39. The van der Waals surface area contributed by atoms with Crippen molar-refractivity contribution >= 4 is 11.8 Å². The van der Waals surface area contributed by atoms with Crippen LogP contribution in [-0.2, 0) is 14.3 Å². The number of morpholine rings is 1. The molecule has 1 N–H and O–H groups in total. The fourth-order valence-corrected chi connectivity index (χ4v) is 4.04. The van der Waals surface area contributed by atoms with E-state index in [0.717, 1.165) is 43.6 Å². The topological polar surface area (TPSA) is 61.9 Å². The van der Waals surface area contributed by atoms with E-state index in [1.54, 1.807) is 11.9 Å². The van der Waals surface area contributed by atoms with Crippen molar-refractivity contribution < 1.29 is 14.3 Å². The molecule has 6 nitrogen and oxygen atoms in total. The number of hydrogen-bond acceptors (Lipinski definition) is 4. The van der Waals surface area contributed by atoms with Gasteiger partial charge < -0.3 is 19.9 Å². The molecule has 0 aliphatic carbocycles. The van der Waals surface area contributed by atoms with Crippen LogP contribution < -0.4 is 5.32 Å². The molecule has 2 heterocycles. The Bertz CT molecular complexity index is 655. The fraction of sp³-hybridized carbons (Fsp3) is 0.600. The van der Waals surface area contributed by atoms with Crippen LogP contribution in [0.2, 0.25) is 0 Å². The number of ether oxygens (including phenoxy) is 1. The van der Waals surface area contributed by atoms with Gasteiger partial charge in [-0.05, 0) is 50.4 Å². The second-order valence-corrected chi connectivity index (χ2v) is 7.36. The summed E-state index contributed by atoms with van der Waals surface area (Å²) in [6.45, 7) is 4.47. The number of rotatable bonds is 4. The van der Waals surface area contributed by atoms with Gasteiger partial charge in [0.15, 0.2) is 6.10 Å². The molecule has 2 amide bonds. The fourth-order valence-electron chi connectivity index (χ4n) is 4.04. The van der Waals surface area contributed by atoms with E-state index in [2.05, 4.69) is 5.32 Å². The number of benzene rings is 1. The van der Waals surface area contributed by atoms with E-state index < -0.39 is 6.10 Å². The van der Waals surface area contributed by atoms with Gasteiger partial charge in [-0.3, -0.25) is 9.59 Å². The standard InChI is InChI=1S/C20H29N3O3/c1-14-6-4-5-7-16(14)18-19(26-13-17(24)22(18)3)20(25)23-10-8-15(9-11-23)12-21-2/h4-7,15,18-19,21H,8-13H2,1-3H3. The number of hydrogen-bond donors (Lipinski definition) is 1. The van der Waals surface area contributed by atoms with Gasteiger partial charge in [0, 0.05) is 20.1 Å². The number of likely N-dealkylation sites (tertiary alicyclic amines) is 1. The molecule has 2 atom stereocenters. The minimum absolute atomic E-state index is 0.000473. The molecule has 26 heavy (non-hydrogen) atoms. The minimum atomic E-state index is -0.639. The van der Waals surface area contributed by atoms with E-state index in [1.165, 1.54) is 0 Å². The summed E-state index contributed by atoms with van der Waals surface area (Å²) in [6.07, 6.45) is 1.37. The highest BCUT2D eigenvalue weighted by atomic mass is 16.5. The monoisotopic (exact) mass is 359 g/mol. The number of carbonyl (C=O) groups is 2. The molecule has 0 radical (unpaired) electrons. The van der Waals surface area contributed by atoms with Gasteiger partial charge in [0.1, 0.15) is 6.61 Å². The highest BCUT2D eigenvalue weighted by molar-refractivity contribution is 5.86. The van der Waals surface area contributed by atoms with Crippen LogP contribution in [-0.4, -0.2) is 68.1 Å². The van der Waals surface area contributed by atoms with Crippen molar-refractivity contribution in [3.05, 3.63) is 35.4 Å². The van der Waals surface area contributed by atoms with Crippen LogP contribution in [0, 0.1) is 12.8 Å². The van der Waals surface area contributed by atoms with Gasteiger partial charge in [0.25, 0.3) is 5.91 Å². The molecule has 6 heteroatoms. The molecule has 1 aromatic rings. The van der Waals surface area contributed by atoms with Crippen LogP contribution in [0.4, 0.5) is 0 Å². The van der Waals surface area contributed by atoms with E-state index in [9.17, 15) is 9.59 Å². The summed E-state index contributed by atoms with van der Waals surface area (Å²) >= 11 is 0. The Morgan fingerprint density at radius 2 is 1.96 bits per heavy atom. The van der Waals surface area contributed by atoms with E-state index in [4.69, 9.17) is 4.74 Å². The average Bonchev–Trinajstić information content (AvgIpc) is 2.65. The van der Waals surface area contributed by atoms with Gasteiger partial charge >= 0.3 is 0 Å². The van der Waals surface area contributed by atoms with Gasteiger partial charge in [-0.2, -0.15) is 0 Å². The number of nitrogens with one attached hydrogen (secondary N) is 1. The SMILES string of the molecule is CNCC1CCN(C(=O)C2OCC(=O)N(C)C2c2ccccc2C)CC1. The van der Waals surface area contributed by atoms with Crippen LogP contribution in [0.3, 0.4) is 0 Å². The lowest BCUT2D eigenvalue weighted by Crippen LogP contribution is -2.55. The molecule has 0 aromatic heterocycles. The Kier molecular flexibility index (Phi) is 5.94. The van der Waals surface area contributed by atoms with Crippen molar-refractivity contribution in [2.45, 2.75) is 31.9 Å². The number of likely N-dealkylation sites (N-methyl/N-ethyl adjacent to an activating group) is 1. The Balaban J connectivity index is 1.79. The number of piperidine rings is 1. The van der Waals surface area contributed by atoms with Gasteiger partial charge in [0.2, 0.25) is 5.91 Å². The molecule has 2 aliphatic heterocycles. The lowest BCUT2D eigenvalue weighted by atomic mass is 9.92. The normalized spacial score (nSPS) is 24.8. The maximum absolute atomic E-state index is 13.2. The Morgan fingerprint density at radius 1 is 1.27 bits per heavy atom. The zero-order valence-corrected chi connectivity index (χ0v) is 15.9. The van der Waals surface area contributed by atoms with Gasteiger partial charge in [0.05, 0.1) is 6.04 Å². The molecule has 2 saturated heterocycles.